The van der Waals surface area contributed by atoms with Crippen molar-refractivity contribution < 1.29 is 31.0 Å². The van der Waals surface area contributed by atoms with E-state index in [1.54, 1.807) is 0 Å². The van der Waals surface area contributed by atoms with E-state index in [2.05, 4.69) is 0 Å². The van der Waals surface area contributed by atoms with Gasteiger partial charge in [0.1, 0.15) is 0 Å². The summed E-state index contributed by atoms with van der Waals surface area (Å²) in [7, 11) is -5.80. The Kier molecular flexibility index (Phi) is 6.01. The summed E-state index contributed by atoms with van der Waals surface area (Å²) in [6, 6.07) is 0. The summed E-state index contributed by atoms with van der Waals surface area (Å²) in [5.41, 5.74) is 0. The normalized spacial score (nSPS) is 30.7. The van der Waals surface area contributed by atoms with Gasteiger partial charge in [-0.3, -0.25) is 0 Å². The van der Waals surface area contributed by atoms with Crippen molar-refractivity contribution in [2.75, 3.05) is 49.4 Å². The van der Waals surface area contributed by atoms with Crippen LogP contribution in [0.15, 0.2) is 0 Å². The molecule has 0 bridgehead atoms. The lowest BCUT2D eigenvalue weighted by Crippen LogP contribution is -2.20. The smallest absolute Gasteiger partial charge is 0.152 e. The summed E-state index contributed by atoms with van der Waals surface area (Å²) in [5, 5.41) is 0. The van der Waals surface area contributed by atoms with Gasteiger partial charge in [-0.05, 0) is 12.8 Å². The van der Waals surface area contributed by atoms with Crippen LogP contribution < -0.4 is 0 Å². The molecule has 0 aromatic heterocycles. The molecule has 2 fully saturated rings. The predicted octanol–water partition coefficient (Wildman–Crippen LogP) is -0.590. The Hall–Kier alpha value is -0.220. The fourth-order valence-corrected chi connectivity index (χ4v) is 5.67. The van der Waals surface area contributed by atoms with Gasteiger partial charge in [0.25, 0.3) is 0 Å². The summed E-state index contributed by atoms with van der Waals surface area (Å²) in [6.45, 7) is 1.47. The topological polar surface area (TPSA) is 96.0 Å². The van der Waals surface area contributed by atoms with Crippen molar-refractivity contribution in [1.29, 1.82) is 0 Å². The fraction of sp³-hybridized carbons (Fsp3) is 1.00. The van der Waals surface area contributed by atoms with E-state index in [9.17, 15) is 16.8 Å². The van der Waals surface area contributed by atoms with E-state index in [1.165, 1.54) is 0 Å². The number of hydrogen-bond donors (Lipinski definition) is 0. The Morgan fingerprint density at radius 2 is 1.14 bits per heavy atom. The number of sulfone groups is 2. The maximum absolute atomic E-state index is 11.2. The first-order valence-electron chi connectivity index (χ1n) is 7.08. The second kappa shape index (κ2) is 7.36. The van der Waals surface area contributed by atoms with Crippen LogP contribution in [0.5, 0.6) is 0 Å². The quantitative estimate of drug-likeness (QED) is 0.544. The van der Waals surface area contributed by atoms with Crippen molar-refractivity contribution in [3.63, 3.8) is 0 Å². The molecule has 0 aromatic carbocycles. The fourth-order valence-electron chi connectivity index (χ4n) is 2.43. The minimum atomic E-state index is -2.90. The van der Waals surface area contributed by atoms with Crippen LogP contribution in [0.4, 0.5) is 0 Å². The molecule has 0 aromatic rings. The monoisotopic (exact) mass is 342 g/mol. The molecule has 0 spiro atoms. The highest BCUT2D eigenvalue weighted by Gasteiger charge is 2.29. The van der Waals surface area contributed by atoms with Gasteiger partial charge in [0.15, 0.2) is 19.7 Å². The molecule has 2 saturated heterocycles. The molecular weight excluding hydrogens is 320 g/mol. The van der Waals surface area contributed by atoms with Crippen molar-refractivity contribution in [3.05, 3.63) is 0 Å². The summed E-state index contributed by atoms with van der Waals surface area (Å²) >= 11 is 0. The molecule has 0 aliphatic carbocycles. The Bertz CT molecular complexity index is 478. The Labute approximate surface area is 125 Å². The first-order chi connectivity index (χ1) is 9.86. The highest BCUT2D eigenvalue weighted by atomic mass is 32.2. The SMILES string of the molecule is O=S1(=O)CC[C@@H](OCCOCCO[C@H]2CCS(=O)(=O)C2)C1. The van der Waals surface area contributed by atoms with Crippen molar-refractivity contribution in [1.82, 2.24) is 0 Å². The van der Waals surface area contributed by atoms with Crippen LogP contribution in [0, 0.1) is 0 Å². The van der Waals surface area contributed by atoms with Crippen molar-refractivity contribution in [2.24, 2.45) is 0 Å². The molecular formula is C12H22O7S2. The van der Waals surface area contributed by atoms with Crippen molar-refractivity contribution in [3.8, 4) is 0 Å². The van der Waals surface area contributed by atoms with Gasteiger partial charge in [0.2, 0.25) is 0 Å². The zero-order valence-corrected chi connectivity index (χ0v) is 13.5. The molecule has 0 radical (unpaired) electrons. The second-order valence-electron chi connectivity index (χ2n) is 5.40. The van der Waals surface area contributed by atoms with E-state index < -0.39 is 19.7 Å². The van der Waals surface area contributed by atoms with Crippen LogP contribution in [-0.4, -0.2) is 78.5 Å². The molecule has 124 valence electrons. The predicted molar refractivity (Wildman–Crippen MR) is 76.8 cm³/mol. The molecule has 0 N–H and O–H groups in total. The standard InChI is InChI=1S/C12H22O7S2/c13-20(14)7-1-11(9-20)18-5-3-17-4-6-19-12-2-8-21(15,16)10-12/h11-12H,1-10H2/t11-,12+. The zero-order chi connectivity index (χ0) is 15.3. The van der Waals surface area contributed by atoms with Crippen LogP contribution in [0.3, 0.4) is 0 Å². The molecule has 0 unspecified atom stereocenters. The van der Waals surface area contributed by atoms with Gasteiger partial charge in [-0.15, -0.1) is 0 Å². The van der Waals surface area contributed by atoms with Gasteiger partial charge >= 0.3 is 0 Å². The van der Waals surface area contributed by atoms with E-state index in [0.29, 0.717) is 39.3 Å². The number of ether oxygens (including phenoxy) is 3. The Balaban J connectivity index is 1.44. The average molecular weight is 342 g/mol. The van der Waals surface area contributed by atoms with Gasteiger partial charge < -0.3 is 14.2 Å². The molecule has 21 heavy (non-hydrogen) atoms. The largest absolute Gasteiger partial charge is 0.377 e. The van der Waals surface area contributed by atoms with Crippen LogP contribution in [0.25, 0.3) is 0 Å². The van der Waals surface area contributed by atoms with E-state index in [1.807, 2.05) is 0 Å². The third-order valence-electron chi connectivity index (χ3n) is 3.54. The average Bonchev–Trinajstić information content (AvgIpc) is 2.90. The van der Waals surface area contributed by atoms with E-state index >= 15 is 0 Å². The van der Waals surface area contributed by atoms with Gasteiger partial charge in [-0.25, -0.2) is 16.8 Å². The van der Waals surface area contributed by atoms with Gasteiger partial charge in [-0.1, -0.05) is 0 Å². The minimum Gasteiger partial charge on any atom is -0.377 e. The van der Waals surface area contributed by atoms with Crippen LogP contribution in [0.1, 0.15) is 12.8 Å². The lowest BCUT2D eigenvalue weighted by Gasteiger charge is -2.12. The summed E-state index contributed by atoms with van der Waals surface area (Å²) in [6.07, 6.45) is 0.695. The van der Waals surface area contributed by atoms with Gasteiger partial charge in [0.05, 0.1) is 61.6 Å². The maximum Gasteiger partial charge on any atom is 0.152 e. The van der Waals surface area contributed by atoms with Gasteiger partial charge in [-0.2, -0.15) is 0 Å². The molecule has 7 nitrogen and oxygen atoms in total. The first kappa shape index (κ1) is 17.1. The van der Waals surface area contributed by atoms with Crippen LogP contribution in [0.2, 0.25) is 0 Å². The highest BCUT2D eigenvalue weighted by molar-refractivity contribution is 7.91. The molecule has 0 saturated carbocycles. The first-order valence-corrected chi connectivity index (χ1v) is 10.7. The Morgan fingerprint density at radius 1 is 0.714 bits per heavy atom. The maximum atomic E-state index is 11.2. The number of hydrogen-bond acceptors (Lipinski definition) is 7. The molecule has 0 amide bonds. The molecule has 2 aliphatic heterocycles. The summed E-state index contributed by atoms with van der Waals surface area (Å²) in [5.74, 6) is 0.617. The van der Waals surface area contributed by atoms with Crippen LogP contribution >= 0.6 is 0 Å². The molecule has 2 aliphatic rings. The van der Waals surface area contributed by atoms with E-state index in [0.717, 1.165) is 0 Å². The third kappa shape index (κ3) is 6.19. The molecule has 9 heteroatoms. The van der Waals surface area contributed by atoms with Crippen LogP contribution in [-0.2, 0) is 33.9 Å². The zero-order valence-electron chi connectivity index (χ0n) is 11.9. The highest BCUT2D eigenvalue weighted by Crippen LogP contribution is 2.15. The molecule has 2 atom stereocenters. The summed E-state index contributed by atoms with van der Waals surface area (Å²) in [4.78, 5) is 0. The molecule has 2 rings (SSSR count). The lowest BCUT2D eigenvalue weighted by atomic mass is 10.3. The van der Waals surface area contributed by atoms with E-state index in [-0.39, 0.29) is 35.2 Å². The number of rotatable bonds is 8. The van der Waals surface area contributed by atoms with E-state index in [4.69, 9.17) is 14.2 Å². The van der Waals surface area contributed by atoms with Crippen molar-refractivity contribution in [2.45, 2.75) is 25.0 Å². The lowest BCUT2D eigenvalue weighted by molar-refractivity contribution is -0.0162. The van der Waals surface area contributed by atoms with Crippen molar-refractivity contribution >= 4 is 19.7 Å². The molecule has 2 heterocycles. The van der Waals surface area contributed by atoms with Gasteiger partial charge in [0, 0.05) is 0 Å². The second-order valence-corrected chi connectivity index (χ2v) is 9.86. The Morgan fingerprint density at radius 3 is 1.48 bits per heavy atom. The minimum absolute atomic E-state index is 0.103. The third-order valence-corrected chi connectivity index (χ3v) is 7.02. The summed E-state index contributed by atoms with van der Waals surface area (Å²) < 4.78 is 61.0.